The van der Waals surface area contributed by atoms with Crippen LogP contribution in [-0.4, -0.2) is 16.7 Å². The molecule has 0 saturated heterocycles. The van der Waals surface area contributed by atoms with Gasteiger partial charge in [-0.15, -0.1) is 0 Å². The second-order valence-corrected chi connectivity index (χ2v) is 5.01. The summed E-state index contributed by atoms with van der Waals surface area (Å²) in [6.45, 7) is 0. The molecule has 0 radical (unpaired) electrons. The number of hydrogen-bond acceptors (Lipinski definition) is 3. The van der Waals surface area contributed by atoms with Crippen LogP contribution in [0, 0.1) is 0 Å². The normalized spacial score (nSPS) is 10.5. The zero-order valence-corrected chi connectivity index (χ0v) is 11.8. The number of hydrogen-bond donors (Lipinski definition) is 1. The Balaban J connectivity index is 1.92. The van der Waals surface area contributed by atoms with E-state index in [-0.39, 0.29) is 12.2 Å². The molecule has 2 N–H and O–H groups in total. The summed E-state index contributed by atoms with van der Waals surface area (Å²) in [7, 11) is 0. The molecule has 4 heteroatoms. The third kappa shape index (κ3) is 2.72. The average Bonchev–Trinajstić information content (AvgIpc) is 2.54. The molecular weight excluding hydrogens is 276 g/mol. The number of Topliss-reactive ketones (excluding diaryl/α,β-unsaturated/α-hetero) is 1. The van der Waals surface area contributed by atoms with Gasteiger partial charge in [-0.2, -0.15) is 0 Å². The summed E-state index contributed by atoms with van der Waals surface area (Å²) in [5, 5.41) is 0.983. The molecular formula is C18H14N2O2. The Morgan fingerprint density at radius 1 is 0.909 bits per heavy atom. The Labute approximate surface area is 127 Å². The third-order valence-corrected chi connectivity index (χ3v) is 3.52. The van der Waals surface area contributed by atoms with Crippen molar-refractivity contribution in [3.8, 4) is 0 Å². The van der Waals surface area contributed by atoms with Crippen molar-refractivity contribution >= 4 is 22.6 Å². The number of carbonyl (C=O) groups excluding carboxylic acids is 2. The Morgan fingerprint density at radius 2 is 1.64 bits per heavy atom. The maximum Gasteiger partial charge on any atom is 0.248 e. The molecule has 3 rings (SSSR count). The van der Waals surface area contributed by atoms with E-state index in [9.17, 15) is 9.59 Å². The van der Waals surface area contributed by atoms with E-state index in [0.29, 0.717) is 16.8 Å². The number of benzene rings is 2. The van der Waals surface area contributed by atoms with Gasteiger partial charge >= 0.3 is 0 Å². The second-order valence-electron chi connectivity index (χ2n) is 5.01. The number of primary amides is 1. The van der Waals surface area contributed by atoms with Crippen LogP contribution in [-0.2, 0) is 6.42 Å². The van der Waals surface area contributed by atoms with E-state index in [1.807, 2.05) is 30.3 Å². The number of ketones is 1. The molecule has 0 bridgehead atoms. The molecule has 0 unspecified atom stereocenters. The first kappa shape index (κ1) is 13.9. The molecule has 1 aromatic heterocycles. The zero-order chi connectivity index (χ0) is 15.5. The van der Waals surface area contributed by atoms with Gasteiger partial charge in [0.05, 0.1) is 5.52 Å². The topological polar surface area (TPSA) is 73.1 Å². The van der Waals surface area contributed by atoms with Gasteiger partial charge in [0.15, 0.2) is 5.78 Å². The van der Waals surface area contributed by atoms with E-state index in [1.54, 1.807) is 30.3 Å². The predicted octanol–water partition coefficient (Wildman–Crippen LogP) is 2.76. The van der Waals surface area contributed by atoms with Crippen molar-refractivity contribution in [2.45, 2.75) is 6.42 Å². The average molecular weight is 290 g/mol. The van der Waals surface area contributed by atoms with Gasteiger partial charge in [0.2, 0.25) is 5.91 Å². The van der Waals surface area contributed by atoms with Crippen molar-refractivity contribution in [1.29, 1.82) is 0 Å². The zero-order valence-electron chi connectivity index (χ0n) is 11.8. The summed E-state index contributed by atoms with van der Waals surface area (Å²) >= 11 is 0. The lowest BCUT2D eigenvalue weighted by atomic mass is 10.00. The Kier molecular flexibility index (Phi) is 3.66. The van der Waals surface area contributed by atoms with Crippen molar-refractivity contribution in [2.24, 2.45) is 5.73 Å². The fourth-order valence-corrected chi connectivity index (χ4v) is 2.40. The number of aromatic nitrogens is 1. The monoisotopic (exact) mass is 290 g/mol. The fraction of sp³-hybridized carbons (Fsp3) is 0.0556. The standard InChI is InChI=1S/C18H14N2O2/c19-18(22)14-7-3-1-6-13(14)11-17(21)16-10-9-12-5-2-4-8-15(12)20-16/h1-10H,11H2,(H2,19,22). The number of fused-ring (bicyclic) bond motifs is 1. The van der Waals surface area contributed by atoms with Crippen LogP contribution in [0.5, 0.6) is 0 Å². The van der Waals surface area contributed by atoms with Crippen molar-refractivity contribution < 1.29 is 9.59 Å². The molecule has 108 valence electrons. The minimum Gasteiger partial charge on any atom is -0.366 e. The third-order valence-electron chi connectivity index (χ3n) is 3.52. The molecule has 0 aliphatic heterocycles. The van der Waals surface area contributed by atoms with E-state index in [4.69, 9.17) is 5.73 Å². The quantitative estimate of drug-likeness (QED) is 0.751. The highest BCUT2D eigenvalue weighted by Gasteiger charge is 2.14. The van der Waals surface area contributed by atoms with Crippen LogP contribution >= 0.6 is 0 Å². The second kappa shape index (κ2) is 5.77. The lowest BCUT2D eigenvalue weighted by Gasteiger charge is -2.06. The number of rotatable bonds is 4. The molecule has 0 fully saturated rings. The van der Waals surface area contributed by atoms with Gasteiger partial charge in [-0.1, -0.05) is 42.5 Å². The maximum atomic E-state index is 12.4. The first-order valence-corrected chi connectivity index (χ1v) is 6.92. The Hall–Kier alpha value is -3.01. The first-order chi connectivity index (χ1) is 10.6. The van der Waals surface area contributed by atoms with Crippen LogP contribution in [0.15, 0.2) is 60.7 Å². The van der Waals surface area contributed by atoms with Crippen LogP contribution in [0.3, 0.4) is 0 Å². The summed E-state index contributed by atoms with van der Waals surface area (Å²) < 4.78 is 0. The number of pyridine rings is 1. The SMILES string of the molecule is NC(=O)c1ccccc1CC(=O)c1ccc2ccccc2n1. The van der Waals surface area contributed by atoms with Gasteiger partial charge in [0.25, 0.3) is 0 Å². The molecule has 0 aliphatic carbocycles. The van der Waals surface area contributed by atoms with E-state index in [2.05, 4.69) is 4.98 Å². The smallest absolute Gasteiger partial charge is 0.248 e. The van der Waals surface area contributed by atoms with E-state index < -0.39 is 5.91 Å². The van der Waals surface area contributed by atoms with E-state index in [1.165, 1.54) is 0 Å². The van der Waals surface area contributed by atoms with Crippen molar-refractivity contribution in [1.82, 2.24) is 4.98 Å². The van der Waals surface area contributed by atoms with E-state index >= 15 is 0 Å². The largest absolute Gasteiger partial charge is 0.366 e. The summed E-state index contributed by atoms with van der Waals surface area (Å²) in [6.07, 6.45) is 0.102. The molecule has 0 atom stereocenters. The van der Waals surface area contributed by atoms with Gasteiger partial charge in [0, 0.05) is 17.4 Å². The van der Waals surface area contributed by atoms with Crippen LogP contribution < -0.4 is 5.73 Å². The lowest BCUT2D eigenvalue weighted by Crippen LogP contribution is -2.16. The minimum atomic E-state index is -0.533. The molecule has 2 aromatic carbocycles. The number of nitrogens with zero attached hydrogens (tertiary/aromatic N) is 1. The number of amides is 1. The summed E-state index contributed by atoms with van der Waals surface area (Å²) in [6, 6.07) is 18.1. The highest BCUT2D eigenvalue weighted by atomic mass is 16.1. The fourth-order valence-electron chi connectivity index (χ4n) is 2.40. The van der Waals surface area contributed by atoms with Crippen LogP contribution in [0.2, 0.25) is 0 Å². The van der Waals surface area contributed by atoms with Crippen LogP contribution in [0.4, 0.5) is 0 Å². The Morgan fingerprint density at radius 3 is 2.45 bits per heavy atom. The van der Waals surface area contributed by atoms with Crippen molar-refractivity contribution in [3.63, 3.8) is 0 Å². The van der Waals surface area contributed by atoms with Crippen LogP contribution in [0.25, 0.3) is 10.9 Å². The van der Waals surface area contributed by atoms with Gasteiger partial charge in [-0.05, 0) is 23.8 Å². The lowest BCUT2D eigenvalue weighted by molar-refractivity contribution is 0.0987. The van der Waals surface area contributed by atoms with Crippen molar-refractivity contribution in [3.05, 3.63) is 77.5 Å². The number of nitrogens with two attached hydrogens (primary N) is 1. The molecule has 0 aliphatic rings. The van der Waals surface area contributed by atoms with Gasteiger partial charge in [-0.25, -0.2) is 4.98 Å². The summed E-state index contributed by atoms with van der Waals surface area (Å²) in [5.74, 6) is -0.672. The van der Waals surface area contributed by atoms with Crippen molar-refractivity contribution in [2.75, 3.05) is 0 Å². The van der Waals surface area contributed by atoms with Crippen LogP contribution in [0.1, 0.15) is 26.4 Å². The minimum absolute atomic E-state index is 0.102. The maximum absolute atomic E-state index is 12.4. The van der Waals surface area contributed by atoms with Gasteiger partial charge < -0.3 is 5.73 Å². The number of para-hydroxylation sites is 1. The van der Waals surface area contributed by atoms with Gasteiger partial charge in [-0.3, -0.25) is 9.59 Å². The predicted molar refractivity (Wildman–Crippen MR) is 84.7 cm³/mol. The highest BCUT2D eigenvalue weighted by molar-refractivity contribution is 6.00. The van der Waals surface area contributed by atoms with E-state index in [0.717, 1.165) is 10.9 Å². The first-order valence-electron chi connectivity index (χ1n) is 6.92. The summed E-state index contributed by atoms with van der Waals surface area (Å²) in [4.78, 5) is 28.2. The molecule has 1 heterocycles. The molecule has 22 heavy (non-hydrogen) atoms. The van der Waals surface area contributed by atoms with Gasteiger partial charge in [0.1, 0.15) is 5.69 Å². The molecule has 0 spiro atoms. The molecule has 0 saturated carbocycles. The summed E-state index contributed by atoms with van der Waals surface area (Å²) in [5.41, 5.74) is 7.49. The molecule has 4 nitrogen and oxygen atoms in total. The molecule has 1 amide bonds. The highest BCUT2D eigenvalue weighted by Crippen LogP contribution is 2.15. The molecule has 3 aromatic rings. The number of carbonyl (C=O) groups is 2. The Bertz CT molecular complexity index is 872.